The number of rotatable bonds is 5. The maximum absolute atomic E-state index is 13.6. The first-order valence-corrected chi connectivity index (χ1v) is 9.64. The number of thioether (sulfide) groups is 1. The molecule has 2 aromatic carbocycles. The quantitative estimate of drug-likeness (QED) is 0.729. The van der Waals surface area contributed by atoms with Gasteiger partial charge in [-0.2, -0.15) is 0 Å². The van der Waals surface area contributed by atoms with E-state index >= 15 is 0 Å². The number of hydrogen-bond acceptors (Lipinski definition) is 4. The van der Waals surface area contributed by atoms with Crippen molar-refractivity contribution in [3.8, 4) is 0 Å². The summed E-state index contributed by atoms with van der Waals surface area (Å²) in [5.41, 5.74) is 0.355. The Balaban J connectivity index is 1.63. The Morgan fingerprint density at radius 2 is 1.85 bits per heavy atom. The van der Waals surface area contributed by atoms with Gasteiger partial charge in [-0.1, -0.05) is 35.3 Å². The summed E-state index contributed by atoms with van der Waals surface area (Å²) in [6, 6.07) is 10.2. The normalized spacial score (nSPS) is 16.7. The van der Waals surface area contributed by atoms with Gasteiger partial charge in [-0.25, -0.2) is 9.29 Å². The van der Waals surface area contributed by atoms with Crippen LogP contribution in [-0.2, 0) is 14.4 Å². The van der Waals surface area contributed by atoms with Gasteiger partial charge in [0.15, 0.2) is 0 Å². The molecule has 5 nitrogen and oxygen atoms in total. The number of imide groups is 1. The van der Waals surface area contributed by atoms with E-state index in [2.05, 4.69) is 5.32 Å². The van der Waals surface area contributed by atoms with Crippen LogP contribution in [0.1, 0.15) is 6.42 Å². The molecule has 140 valence electrons. The van der Waals surface area contributed by atoms with Gasteiger partial charge >= 0.3 is 0 Å². The van der Waals surface area contributed by atoms with Crippen molar-refractivity contribution in [1.82, 2.24) is 0 Å². The van der Waals surface area contributed by atoms with Crippen molar-refractivity contribution >= 4 is 64.1 Å². The van der Waals surface area contributed by atoms with Crippen LogP contribution < -0.4 is 10.2 Å². The molecule has 1 atom stereocenters. The molecule has 0 saturated carbocycles. The van der Waals surface area contributed by atoms with Crippen LogP contribution in [0, 0.1) is 5.82 Å². The Hall–Kier alpha value is -2.09. The number of amides is 3. The highest BCUT2D eigenvalue weighted by Crippen LogP contribution is 2.33. The van der Waals surface area contributed by atoms with Gasteiger partial charge in [-0.05, 0) is 30.3 Å². The molecule has 1 saturated heterocycles. The summed E-state index contributed by atoms with van der Waals surface area (Å²) in [6.45, 7) is 0. The number of benzene rings is 2. The molecule has 3 rings (SSSR count). The van der Waals surface area contributed by atoms with Crippen LogP contribution in [0.15, 0.2) is 42.5 Å². The maximum atomic E-state index is 13.6. The first-order chi connectivity index (χ1) is 12.8. The smallest absolute Gasteiger partial charge is 0.247 e. The van der Waals surface area contributed by atoms with Crippen molar-refractivity contribution in [2.45, 2.75) is 11.7 Å². The van der Waals surface area contributed by atoms with Gasteiger partial charge < -0.3 is 5.32 Å². The lowest BCUT2D eigenvalue weighted by Gasteiger charge is -2.15. The van der Waals surface area contributed by atoms with Crippen LogP contribution in [0.5, 0.6) is 0 Å². The van der Waals surface area contributed by atoms with Crippen LogP contribution in [-0.4, -0.2) is 28.7 Å². The number of nitrogens with zero attached hydrogens (tertiary/aromatic N) is 1. The highest BCUT2D eigenvalue weighted by Gasteiger charge is 2.40. The van der Waals surface area contributed by atoms with Gasteiger partial charge in [0.2, 0.25) is 17.7 Å². The van der Waals surface area contributed by atoms with Crippen LogP contribution in [0.25, 0.3) is 0 Å². The first kappa shape index (κ1) is 19.7. The summed E-state index contributed by atoms with van der Waals surface area (Å²) in [6.07, 6.45) is -0.0411. The van der Waals surface area contributed by atoms with E-state index in [1.165, 1.54) is 36.4 Å². The number of hydrogen-bond donors (Lipinski definition) is 1. The number of carbonyl (C=O) groups is 3. The molecule has 0 aromatic heterocycles. The minimum absolute atomic E-state index is 0.0411. The Labute approximate surface area is 168 Å². The number of halogens is 3. The molecule has 1 fully saturated rings. The molecule has 0 aliphatic carbocycles. The van der Waals surface area contributed by atoms with Crippen molar-refractivity contribution in [2.24, 2.45) is 0 Å². The molecule has 1 unspecified atom stereocenters. The highest BCUT2D eigenvalue weighted by atomic mass is 35.5. The van der Waals surface area contributed by atoms with Gasteiger partial charge in [0.05, 0.1) is 22.4 Å². The minimum Gasteiger partial charge on any atom is -0.323 e. The summed E-state index contributed by atoms with van der Waals surface area (Å²) >= 11 is 12.9. The number of para-hydroxylation sites is 1. The van der Waals surface area contributed by atoms with Crippen molar-refractivity contribution < 1.29 is 18.8 Å². The van der Waals surface area contributed by atoms with E-state index in [-0.39, 0.29) is 17.9 Å². The third-order valence-electron chi connectivity index (χ3n) is 3.77. The Morgan fingerprint density at radius 3 is 2.52 bits per heavy atom. The molecule has 0 bridgehead atoms. The van der Waals surface area contributed by atoms with E-state index < -0.39 is 28.8 Å². The average Bonchev–Trinajstić information content (AvgIpc) is 2.88. The lowest BCUT2D eigenvalue weighted by atomic mass is 10.3. The molecular weight excluding hydrogens is 414 g/mol. The monoisotopic (exact) mass is 426 g/mol. The van der Waals surface area contributed by atoms with Crippen LogP contribution in [0.3, 0.4) is 0 Å². The van der Waals surface area contributed by atoms with E-state index in [0.717, 1.165) is 16.7 Å². The predicted octanol–water partition coefficient (Wildman–Crippen LogP) is 4.14. The lowest BCUT2D eigenvalue weighted by molar-refractivity contribution is -0.121. The van der Waals surface area contributed by atoms with E-state index in [0.29, 0.717) is 15.7 Å². The summed E-state index contributed by atoms with van der Waals surface area (Å²) in [7, 11) is 0. The molecule has 2 aromatic rings. The summed E-state index contributed by atoms with van der Waals surface area (Å²) in [4.78, 5) is 37.8. The zero-order chi connectivity index (χ0) is 19.6. The predicted molar refractivity (Wildman–Crippen MR) is 105 cm³/mol. The van der Waals surface area contributed by atoms with Crippen molar-refractivity contribution in [2.75, 3.05) is 16.0 Å². The minimum atomic E-state index is -0.707. The van der Waals surface area contributed by atoms with Crippen molar-refractivity contribution in [3.63, 3.8) is 0 Å². The molecule has 1 aliphatic rings. The van der Waals surface area contributed by atoms with E-state index in [1.807, 2.05) is 0 Å². The van der Waals surface area contributed by atoms with Crippen LogP contribution in [0.4, 0.5) is 15.8 Å². The number of anilines is 2. The molecular formula is C18H13Cl2FN2O3S. The topological polar surface area (TPSA) is 66.5 Å². The average molecular weight is 427 g/mol. The summed E-state index contributed by atoms with van der Waals surface area (Å²) < 4.78 is 13.6. The molecule has 1 heterocycles. The maximum Gasteiger partial charge on any atom is 0.247 e. The molecule has 3 amide bonds. The SMILES string of the molecule is O=C(CSC1CC(=O)N(c2cc(Cl)cc(Cl)c2)C1=O)Nc1ccccc1F. The van der Waals surface area contributed by atoms with Gasteiger partial charge in [-0.3, -0.25) is 14.4 Å². The van der Waals surface area contributed by atoms with E-state index in [9.17, 15) is 18.8 Å². The van der Waals surface area contributed by atoms with Crippen molar-refractivity contribution in [3.05, 3.63) is 58.3 Å². The van der Waals surface area contributed by atoms with Gasteiger partial charge in [-0.15, -0.1) is 11.8 Å². The third-order valence-corrected chi connectivity index (χ3v) is 5.41. The van der Waals surface area contributed by atoms with Crippen molar-refractivity contribution in [1.29, 1.82) is 0 Å². The third kappa shape index (κ3) is 4.61. The summed E-state index contributed by atoms with van der Waals surface area (Å²) in [5.74, 6) is -1.95. The number of nitrogens with one attached hydrogen (secondary N) is 1. The largest absolute Gasteiger partial charge is 0.323 e. The molecule has 9 heteroatoms. The Morgan fingerprint density at radius 1 is 1.19 bits per heavy atom. The van der Waals surface area contributed by atoms with E-state index in [1.54, 1.807) is 6.07 Å². The van der Waals surface area contributed by atoms with Crippen LogP contribution >= 0.6 is 35.0 Å². The Bertz CT molecular complexity index is 905. The lowest BCUT2D eigenvalue weighted by Crippen LogP contribution is -2.31. The second kappa shape index (κ2) is 8.29. The fraction of sp³-hybridized carbons (Fsp3) is 0.167. The molecule has 0 spiro atoms. The first-order valence-electron chi connectivity index (χ1n) is 7.84. The fourth-order valence-corrected chi connectivity index (χ4v) is 4.05. The second-order valence-corrected chi connectivity index (χ2v) is 7.79. The Kier molecular flexibility index (Phi) is 6.04. The molecule has 1 N–H and O–H groups in total. The second-order valence-electron chi connectivity index (χ2n) is 5.73. The molecule has 1 aliphatic heterocycles. The molecule has 27 heavy (non-hydrogen) atoms. The zero-order valence-electron chi connectivity index (χ0n) is 13.7. The number of carbonyl (C=O) groups excluding carboxylic acids is 3. The van der Waals surface area contributed by atoms with Gasteiger partial charge in [0, 0.05) is 16.5 Å². The highest BCUT2D eigenvalue weighted by molar-refractivity contribution is 8.01. The fourth-order valence-electron chi connectivity index (χ4n) is 2.60. The standard InChI is InChI=1S/C18H13Cl2FN2O3S/c19-10-5-11(20)7-12(6-10)23-17(25)8-15(18(23)26)27-9-16(24)22-14-4-2-1-3-13(14)21/h1-7,15H,8-9H2,(H,22,24). The van der Waals surface area contributed by atoms with Gasteiger partial charge in [0.25, 0.3) is 0 Å². The van der Waals surface area contributed by atoms with Gasteiger partial charge in [0.1, 0.15) is 5.82 Å². The van der Waals surface area contributed by atoms with Crippen LogP contribution in [0.2, 0.25) is 10.0 Å². The van der Waals surface area contributed by atoms with E-state index in [4.69, 9.17) is 23.2 Å². The zero-order valence-corrected chi connectivity index (χ0v) is 16.1. The molecule has 0 radical (unpaired) electrons. The summed E-state index contributed by atoms with van der Waals surface area (Å²) in [5, 5.41) is 2.34.